The van der Waals surface area contributed by atoms with Crippen LogP contribution in [0.2, 0.25) is 0 Å². The largest absolute Gasteiger partial charge is 0.444 e. The smallest absolute Gasteiger partial charge is 0.407 e. The molecule has 2 aliphatic carbocycles. The topological polar surface area (TPSA) is 96.1 Å². The van der Waals surface area contributed by atoms with E-state index in [-0.39, 0.29) is 18.4 Å². The molecule has 2 heterocycles. The summed E-state index contributed by atoms with van der Waals surface area (Å²) >= 11 is 0. The predicted molar refractivity (Wildman–Crippen MR) is 150 cm³/mol. The summed E-state index contributed by atoms with van der Waals surface area (Å²) in [6.07, 6.45) is 12.4. The van der Waals surface area contributed by atoms with Gasteiger partial charge in [0.05, 0.1) is 18.8 Å². The average molecular weight is 538 g/mol. The zero-order valence-electron chi connectivity index (χ0n) is 24.4. The average Bonchev–Trinajstić information content (AvgIpc) is 2.90. The first-order valence-electron chi connectivity index (χ1n) is 15.4. The zero-order chi connectivity index (χ0) is 27.0. The fourth-order valence-electron chi connectivity index (χ4n) is 6.69. The maximum absolute atomic E-state index is 12.0. The van der Waals surface area contributed by atoms with Crippen LogP contribution >= 0.6 is 0 Å². The second-order valence-electron chi connectivity index (χ2n) is 13.1. The van der Waals surface area contributed by atoms with E-state index in [1.807, 2.05) is 27.9 Å². The minimum absolute atomic E-state index is 0.208. The number of ether oxygens (including phenoxy) is 3. The quantitative estimate of drug-likeness (QED) is 0.356. The third-order valence-corrected chi connectivity index (χ3v) is 9.03. The van der Waals surface area contributed by atoms with Gasteiger partial charge in [0.25, 0.3) is 0 Å². The molecule has 4 fully saturated rings. The Bertz CT molecular complexity index is 688. The second kappa shape index (κ2) is 14.6. The van der Waals surface area contributed by atoms with Gasteiger partial charge >= 0.3 is 6.09 Å². The van der Waals surface area contributed by atoms with Crippen molar-refractivity contribution in [1.29, 1.82) is 0 Å². The summed E-state index contributed by atoms with van der Waals surface area (Å²) < 4.78 is 17.2. The number of likely N-dealkylation sites (tertiary alicyclic amines) is 1. The van der Waals surface area contributed by atoms with Crippen LogP contribution < -0.4 is 21.3 Å². The lowest BCUT2D eigenvalue weighted by atomic mass is 9.78. The van der Waals surface area contributed by atoms with Gasteiger partial charge in [0.15, 0.2) is 0 Å². The molecular formula is C29H55N5O4. The molecule has 38 heavy (non-hydrogen) atoms. The lowest BCUT2D eigenvalue weighted by Crippen LogP contribution is -2.63. The number of hydrogen-bond donors (Lipinski definition) is 4. The first kappa shape index (κ1) is 30.0. The highest BCUT2D eigenvalue weighted by atomic mass is 16.6. The predicted octanol–water partition coefficient (Wildman–Crippen LogP) is 3.19. The van der Waals surface area contributed by atoms with Crippen molar-refractivity contribution < 1.29 is 19.0 Å². The summed E-state index contributed by atoms with van der Waals surface area (Å²) in [5.41, 5.74) is -0.450. The molecule has 9 heteroatoms. The van der Waals surface area contributed by atoms with E-state index in [2.05, 4.69) is 26.2 Å². The fraction of sp³-hybridized carbons (Fsp3) is 0.966. The van der Waals surface area contributed by atoms with Crippen molar-refractivity contribution in [2.75, 3.05) is 46.4 Å². The molecule has 9 nitrogen and oxygen atoms in total. The molecule has 2 aliphatic heterocycles. The molecule has 2 saturated heterocycles. The Morgan fingerprint density at radius 3 is 2.08 bits per heavy atom. The first-order valence-corrected chi connectivity index (χ1v) is 15.4. The van der Waals surface area contributed by atoms with E-state index < -0.39 is 5.60 Å². The van der Waals surface area contributed by atoms with Crippen LogP contribution in [0.3, 0.4) is 0 Å². The SMILES string of the molecule is COC1CCC(C2CNC(NC3CCC(OCCN4CCC(NC(=O)OC(C)(C)C)CC4)CC3)NC2)CC1. The van der Waals surface area contributed by atoms with Crippen LogP contribution in [-0.4, -0.2) is 93.6 Å². The van der Waals surface area contributed by atoms with Crippen LogP contribution in [0, 0.1) is 11.8 Å². The fourth-order valence-corrected chi connectivity index (χ4v) is 6.69. The number of piperidine rings is 1. The van der Waals surface area contributed by atoms with Crippen molar-refractivity contribution >= 4 is 6.09 Å². The van der Waals surface area contributed by atoms with Gasteiger partial charge in [0, 0.05) is 51.9 Å². The monoisotopic (exact) mass is 537 g/mol. The molecule has 0 bridgehead atoms. The van der Waals surface area contributed by atoms with Crippen molar-refractivity contribution in [1.82, 2.24) is 26.2 Å². The Hall–Kier alpha value is -0.970. The van der Waals surface area contributed by atoms with E-state index in [0.29, 0.717) is 18.2 Å². The molecule has 1 amide bonds. The summed E-state index contributed by atoms with van der Waals surface area (Å²) in [7, 11) is 1.85. The number of carbonyl (C=O) groups is 1. The van der Waals surface area contributed by atoms with Crippen LogP contribution in [0.4, 0.5) is 4.79 Å². The molecule has 4 aliphatic rings. The molecule has 2 saturated carbocycles. The summed E-state index contributed by atoms with van der Waals surface area (Å²) in [5, 5.41) is 14.3. The molecular weight excluding hydrogens is 482 g/mol. The van der Waals surface area contributed by atoms with Gasteiger partial charge in [-0.2, -0.15) is 0 Å². The van der Waals surface area contributed by atoms with E-state index in [1.54, 1.807) is 0 Å². The number of amides is 1. The summed E-state index contributed by atoms with van der Waals surface area (Å²) in [5.74, 6) is 1.57. The van der Waals surface area contributed by atoms with Crippen LogP contribution in [0.1, 0.15) is 85.0 Å². The van der Waals surface area contributed by atoms with E-state index in [0.717, 1.165) is 76.8 Å². The van der Waals surface area contributed by atoms with Gasteiger partial charge in [0.2, 0.25) is 0 Å². The number of nitrogens with zero attached hydrogens (tertiary/aromatic N) is 1. The van der Waals surface area contributed by atoms with E-state index in [1.165, 1.54) is 38.5 Å². The van der Waals surface area contributed by atoms with Crippen molar-refractivity contribution in [3.8, 4) is 0 Å². The van der Waals surface area contributed by atoms with Gasteiger partial charge in [0.1, 0.15) is 11.9 Å². The van der Waals surface area contributed by atoms with E-state index >= 15 is 0 Å². The molecule has 4 N–H and O–H groups in total. The number of nitrogens with one attached hydrogen (secondary N) is 4. The number of rotatable bonds is 9. The van der Waals surface area contributed by atoms with Gasteiger partial charge in [-0.05, 0) is 96.8 Å². The van der Waals surface area contributed by atoms with E-state index in [4.69, 9.17) is 14.2 Å². The maximum Gasteiger partial charge on any atom is 0.407 e. The first-order chi connectivity index (χ1) is 18.3. The number of hydrogen-bond acceptors (Lipinski definition) is 8. The lowest BCUT2D eigenvalue weighted by Gasteiger charge is -2.40. The zero-order valence-corrected chi connectivity index (χ0v) is 24.4. The lowest BCUT2D eigenvalue weighted by molar-refractivity contribution is 0.00532. The Kier molecular flexibility index (Phi) is 11.5. The Morgan fingerprint density at radius 2 is 1.47 bits per heavy atom. The van der Waals surface area contributed by atoms with Crippen LogP contribution in [0.5, 0.6) is 0 Å². The minimum atomic E-state index is -0.450. The Balaban J connectivity index is 1.02. The molecule has 0 aromatic heterocycles. The van der Waals surface area contributed by atoms with Gasteiger partial charge in [-0.3, -0.25) is 16.0 Å². The van der Waals surface area contributed by atoms with Crippen LogP contribution in [0.25, 0.3) is 0 Å². The van der Waals surface area contributed by atoms with Crippen molar-refractivity contribution in [3.05, 3.63) is 0 Å². The van der Waals surface area contributed by atoms with Crippen LogP contribution in [-0.2, 0) is 14.2 Å². The number of carbonyl (C=O) groups excluding carboxylic acids is 1. The molecule has 0 atom stereocenters. The van der Waals surface area contributed by atoms with Gasteiger partial charge in [-0.1, -0.05) is 0 Å². The second-order valence-corrected chi connectivity index (χ2v) is 13.1. The molecule has 0 aromatic rings. The molecule has 4 rings (SSSR count). The highest BCUT2D eigenvalue weighted by molar-refractivity contribution is 5.68. The van der Waals surface area contributed by atoms with E-state index in [9.17, 15) is 4.79 Å². The molecule has 0 unspecified atom stereocenters. The van der Waals surface area contributed by atoms with Crippen molar-refractivity contribution in [2.24, 2.45) is 11.8 Å². The Morgan fingerprint density at radius 1 is 0.842 bits per heavy atom. The van der Waals surface area contributed by atoms with Crippen LogP contribution in [0.15, 0.2) is 0 Å². The van der Waals surface area contributed by atoms with Gasteiger partial charge in [-0.15, -0.1) is 0 Å². The third kappa shape index (κ3) is 9.89. The summed E-state index contributed by atoms with van der Waals surface area (Å²) in [4.78, 5) is 14.5. The van der Waals surface area contributed by atoms with Crippen molar-refractivity contribution in [2.45, 2.75) is 121 Å². The maximum atomic E-state index is 12.0. The van der Waals surface area contributed by atoms with Crippen molar-refractivity contribution in [3.63, 3.8) is 0 Å². The Labute approximate surface area is 230 Å². The normalized spacial score (nSPS) is 34.1. The van der Waals surface area contributed by atoms with Gasteiger partial charge in [-0.25, -0.2) is 4.79 Å². The molecule has 0 spiro atoms. The van der Waals surface area contributed by atoms with Gasteiger partial charge < -0.3 is 24.4 Å². The molecule has 0 aromatic carbocycles. The number of alkyl carbamates (subject to hydrolysis) is 1. The highest BCUT2D eigenvalue weighted by Crippen LogP contribution is 2.32. The minimum Gasteiger partial charge on any atom is -0.444 e. The summed E-state index contributed by atoms with van der Waals surface area (Å²) in [6, 6.07) is 0.768. The standard InChI is InChI=1S/C29H55N5O4/c1-29(2,3)38-28(35)33-24-13-15-34(16-14-24)17-18-37-26-11-7-23(8-12-26)32-27-30-19-22(20-31-27)21-5-9-25(36-4)10-6-21/h21-27,30-32H,5-20H2,1-4H3,(H,33,35). The highest BCUT2D eigenvalue weighted by Gasteiger charge is 2.32. The number of methoxy groups -OCH3 is 1. The third-order valence-electron chi connectivity index (χ3n) is 9.03. The summed E-state index contributed by atoms with van der Waals surface area (Å²) in [6.45, 7) is 11.7. The molecule has 0 radical (unpaired) electrons. The molecule has 220 valence electrons.